The lowest BCUT2D eigenvalue weighted by Crippen LogP contribution is -2.30. The number of anilines is 1. The van der Waals surface area contributed by atoms with Crippen molar-refractivity contribution in [2.24, 2.45) is 0 Å². The Bertz CT molecular complexity index is 890. The number of aromatic nitrogens is 2. The van der Waals surface area contributed by atoms with E-state index in [1.807, 2.05) is 23.1 Å². The van der Waals surface area contributed by atoms with Gasteiger partial charge in [-0.25, -0.2) is 9.97 Å². The Morgan fingerprint density at radius 1 is 1.35 bits per heavy atom. The molecular weight excluding hydrogens is 326 g/mol. The maximum atomic E-state index is 12.6. The molecule has 4 rings (SSSR count). The molecule has 1 aliphatic rings. The van der Waals surface area contributed by atoms with Crippen LogP contribution in [-0.2, 0) is 11.2 Å². The van der Waals surface area contributed by atoms with Crippen LogP contribution in [0.2, 0.25) is 0 Å². The van der Waals surface area contributed by atoms with Gasteiger partial charge in [-0.15, -0.1) is 11.3 Å². The van der Waals surface area contributed by atoms with Gasteiger partial charge in [0.25, 0.3) is 0 Å². The van der Waals surface area contributed by atoms with Crippen LogP contribution in [0, 0.1) is 6.92 Å². The zero-order chi connectivity index (χ0) is 15.8. The number of rotatable bonds is 3. The minimum Gasteiger partial charge on any atom is -0.311 e. The molecule has 116 valence electrons. The fourth-order valence-corrected chi connectivity index (χ4v) is 4.64. The first-order valence-electron chi connectivity index (χ1n) is 7.44. The van der Waals surface area contributed by atoms with Crippen molar-refractivity contribution in [3.63, 3.8) is 0 Å². The summed E-state index contributed by atoms with van der Waals surface area (Å²) in [6.45, 7) is 2.84. The second kappa shape index (κ2) is 5.94. The summed E-state index contributed by atoms with van der Waals surface area (Å²) in [5, 5.41) is 1.94. The van der Waals surface area contributed by atoms with Crippen LogP contribution in [0.4, 0.5) is 5.69 Å². The van der Waals surface area contributed by atoms with Crippen molar-refractivity contribution < 1.29 is 4.79 Å². The summed E-state index contributed by atoms with van der Waals surface area (Å²) in [4.78, 5) is 25.3. The molecule has 0 bridgehead atoms. The number of hydrogen-bond donors (Lipinski definition) is 0. The number of amides is 1. The normalized spacial score (nSPS) is 13.5. The highest BCUT2D eigenvalue weighted by Crippen LogP contribution is 2.32. The molecule has 0 radical (unpaired) electrons. The van der Waals surface area contributed by atoms with Crippen molar-refractivity contribution in [2.45, 2.75) is 18.4 Å². The van der Waals surface area contributed by atoms with E-state index in [0.29, 0.717) is 5.75 Å². The van der Waals surface area contributed by atoms with Crippen molar-refractivity contribution in [3.8, 4) is 0 Å². The molecule has 0 spiro atoms. The zero-order valence-corrected chi connectivity index (χ0v) is 14.3. The maximum absolute atomic E-state index is 12.6. The summed E-state index contributed by atoms with van der Waals surface area (Å²) in [6.07, 6.45) is 2.52. The van der Waals surface area contributed by atoms with Crippen LogP contribution in [0.1, 0.15) is 10.4 Å². The molecule has 0 saturated carbocycles. The number of fused-ring (bicyclic) bond motifs is 2. The second-order valence-corrected chi connectivity index (χ2v) is 7.67. The van der Waals surface area contributed by atoms with Crippen molar-refractivity contribution in [1.29, 1.82) is 0 Å². The fourth-order valence-electron chi connectivity index (χ4n) is 2.87. The van der Waals surface area contributed by atoms with Crippen LogP contribution in [0.15, 0.2) is 41.7 Å². The molecule has 1 aliphatic heterocycles. The minimum atomic E-state index is 0.138. The van der Waals surface area contributed by atoms with E-state index in [-0.39, 0.29) is 5.91 Å². The number of benzene rings is 1. The van der Waals surface area contributed by atoms with Gasteiger partial charge in [0, 0.05) is 22.5 Å². The summed E-state index contributed by atoms with van der Waals surface area (Å²) < 4.78 is 0. The van der Waals surface area contributed by atoms with Gasteiger partial charge in [0.1, 0.15) is 16.2 Å². The van der Waals surface area contributed by atoms with Crippen LogP contribution < -0.4 is 4.90 Å². The van der Waals surface area contributed by atoms with Crippen molar-refractivity contribution in [3.05, 3.63) is 47.1 Å². The van der Waals surface area contributed by atoms with Gasteiger partial charge in [-0.2, -0.15) is 0 Å². The van der Waals surface area contributed by atoms with Crippen LogP contribution >= 0.6 is 23.1 Å². The Balaban J connectivity index is 1.52. The first kappa shape index (κ1) is 14.7. The molecule has 3 aromatic rings. The quantitative estimate of drug-likeness (QED) is 0.538. The number of aryl methyl sites for hydroxylation is 1. The minimum absolute atomic E-state index is 0.138. The highest BCUT2D eigenvalue weighted by molar-refractivity contribution is 8.00. The number of carbonyl (C=O) groups is 1. The molecule has 0 N–H and O–H groups in total. The predicted molar refractivity (Wildman–Crippen MR) is 95.4 cm³/mol. The number of thiophene rings is 1. The standard InChI is InChI=1S/C17H15N3OS2/c1-11-8-13-16(18-10-19-17(13)23-11)22-9-15(21)20-7-6-12-4-2-3-5-14(12)20/h2-5,8,10H,6-7,9H2,1H3. The van der Waals surface area contributed by atoms with Gasteiger partial charge < -0.3 is 4.90 Å². The van der Waals surface area contributed by atoms with Crippen molar-refractivity contribution in [2.75, 3.05) is 17.2 Å². The Labute approximate surface area is 142 Å². The number of para-hydroxylation sites is 1. The number of carbonyl (C=O) groups excluding carboxylic acids is 1. The average molecular weight is 341 g/mol. The number of thioether (sulfide) groups is 1. The van der Waals surface area contributed by atoms with E-state index >= 15 is 0 Å². The molecule has 0 fully saturated rings. The lowest BCUT2D eigenvalue weighted by atomic mass is 10.2. The molecule has 1 aromatic carbocycles. The van der Waals surface area contributed by atoms with E-state index < -0.39 is 0 Å². The van der Waals surface area contributed by atoms with Crippen LogP contribution in [0.5, 0.6) is 0 Å². The number of hydrogen-bond acceptors (Lipinski definition) is 5. The second-order valence-electron chi connectivity index (χ2n) is 5.47. The molecule has 0 aliphatic carbocycles. The molecule has 3 heterocycles. The van der Waals surface area contributed by atoms with Gasteiger partial charge in [-0.1, -0.05) is 30.0 Å². The van der Waals surface area contributed by atoms with E-state index in [0.717, 1.165) is 33.9 Å². The van der Waals surface area contributed by atoms with Crippen molar-refractivity contribution in [1.82, 2.24) is 9.97 Å². The number of nitrogens with zero attached hydrogens (tertiary/aromatic N) is 3. The van der Waals surface area contributed by atoms with Gasteiger partial charge in [0.15, 0.2) is 0 Å². The monoisotopic (exact) mass is 341 g/mol. The maximum Gasteiger partial charge on any atom is 0.237 e. The predicted octanol–water partition coefficient (Wildman–Crippen LogP) is 3.68. The smallest absolute Gasteiger partial charge is 0.237 e. The Morgan fingerprint density at radius 3 is 3.13 bits per heavy atom. The van der Waals surface area contributed by atoms with E-state index in [9.17, 15) is 4.79 Å². The molecule has 0 saturated heterocycles. The molecule has 2 aromatic heterocycles. The van der Waals surface area contributed by atoms with E-state index in [1.165, 1.54) is 22.2 Å². The Morgan fingerprint density at radius 2 is 2.22 bits per heavy atom. The molecule has 0 atom stereocenters. The third kappa shape index (κ3) is 2.72. The highest BCUT2D eigenvalue weighted by atomic mass is 32.2. The van der Waals surface area contributed by atoms with Gasteiger partial charge in [0.05, 0.1) is 5.75 Å². The topological polar surface area (TPSA) is 46.1 Å². The average Bonchev–Trinajstić information content (AvgIpc) is 3.15. The van der Waals surface area contributed by atoms with Crippen LogP contribution in [-0.4, -0.2) is 28.2 Å². The molecule has 0 unspecified atom stereocenters. The van der Waals surface area contributed by atoms with E-state index in [2.05, 4.69) is 29.0 Å². The third-order valence-corrected chi connectivity index (χ3v) is 5.89. The van der Waals surface area contributed by atoms with E-state index in [1.54, 1.807) is 17.7 Å². The lowest BCUT2D eigenvalue weighted by molar-refractivity contribution is -0.116. The van der Waals surface area contributed by atoms with Crippen LogP contribution in [0.25, 0.3) is 10.2 Å². The largest absolute Gasteiger partial charge is 0.311 e. The SMILES string of the molecule is Cc1cc2c(SCC(=O)N3CCc4ccccc43)ncnc2s1. The zero-order valence-electron chi connectivity index (χ0n) is 12.7. The molecule has 1 amide bonds. The first-order chi connectivity index (χ1) is 11.2. The summed E-state index contributed by atoms with van der Waals surface area (Å²) in [5.41, 5.74) is 2.31. The summed E-state index contributed by atoms with van der Waals surface area (Å²) in [5.74, 6) is 0.536. The fraction of sp³-hybridized carbons (Fsp3) is 0.235. The van der Waals surface area contributed by atoms with E-state index in [4.69, 9.17) is 0 Å². The van der Waals surface area contributed by atoms with Gasteiger partial charge in [-0.3, -0.25) is 4.79 Å². The molecule has 4 nitrogen and oxygen atoms in total. The molecule has 6 heteroatoms. The van der Waals surface area contributed by atoms with Gasteiger partial charge in [-0.05, 0) is 31.0 Å². The van der Waals surface area contributed by atoms with Gasteiger partial charge >= 0.3 is 0 Å². The highest BCUT2D eigenvalue weighted by Gasteiger charge is 2.24. The molecule has 23 heavy (non-hydrogen) atoms. The summed E-state index contributed by atoms with van der Waals surface area (Å²) >= 11 is 3.15. The third-order valence-electron chi connectivity index (χ3n) is 3.94. The Hall–Kier alpha value is -1.92. The van der Waals surface area contributed by atoms with Crippen LogP contribution in [0.3, 0.4) is 0 Å². The first-order valence-corrected chi connectivity index (χ1v) is 9.25. The van der Waals surface area contributed by atoms with Crippen molar-refractivity contribution >= 4 is 44.9 Å². The Kier molecular flexibility index (Phi) is 3.79. The molecular formula is C17H15N3OS2. The summed E-state index contributed by atoms with van der Waals surface area (Å²) in [7, 11) is 0. The summed E-state index contributed by atoms with van der Waals surface area (Å²) in [6, 6.07) is 10.2. The lowest BCUT2D eigenvalue weighted by Gasteiger charge is -2.16. The van der Waals surface area contributed by atoms with Gasteiger partial charge in [0.2, 0.25) is 5.91 Å².